The largest absolute Gasteiger partial charge is 0.396 e. The second kappa shape index (κ2) is 4.73. The Hall–Kier alpha value is -0.120. The third kappa shape index (κ3) is 5.76. The maximum absolute atomic E-state index is 8.53. The van der Waals surface area contributed by atoms with Crippen LogP contribution in [0.4, 0.5) is 0 Å². The molecule has 0 saturated heterocycles. The zero-order valence-electron chi connectivity index (χ0n) is 6.00. The van der Waals surface area contributed by atoms with Gasteiger partial charge in [-0.15, -0.1) is 0 Å². The summed E-state index contributed by atoms with van der Waals surface area (Å²) in [6.45, 7) is 4.37. The molecule has 0 aliphatic carbocycles. The van der Waals surface area contributed by atoms with Crippen LogP contribution in [0.2, 0.25) is 0 Å². The van der Waals surface area contributed by atoms with E-state index >= 15 is 0 Å². The minimum absolute atomic E-state index is 0.159. The van der Waals surface area contributed by atoms with Crippen LogP contribution in [0, 0.1) is 5.92 Å². The molecule has 0 aliphatic rings. The maximum atomic E-state index is 8.53. The van der Waals surface area contributed by atoms with Gasteiger partial charge in [-0.2, -0.15) is 0 Å². The first kappa shape index (κ1) is 8.88. The van der Waals surface area contributed by atoms with Crippen molar-refractivity contribution in [1.82, 2.24) is 0 Å². The number of ether oxygens (including phenoxy) is 1. The van der Waals surface area contributed by atoms with Crippen molar-refractivity contribution >= 4 is 0 Å². The lowest BCUT2D eigenvalue weighted by atomic mass is 10.2. The molecular weight excluding hydrogens is 118 g/mol. The van der Waals surface area contributed by atoms with Crippen LogP contribution in [-0.4, -0.2) is 24.5 Å². The quantitative estimate of drug-likeness (QED) is 0.528. The van der Waals surface area contributed by atoms with E-state index in [1.807, 2.05) is 6.92 Å². The molecule has 3 N–H and O–H groups in total. The van der Waals surface area contributed by atoms with Gasteiger partial charge in [0.25, 0.3) is 0 Å². The van der Waals surface area contributed by atoms with Crippen molar-refractivity contribution in [3.05, 3.63) is 0 Å². The minimum atomic E-state index is -0.223. The van der Waals surface area contributed by atoms with Crippen LogP contribution in [0.15, 0.2) is 0 Å². The molecule has 0 heterocycles. The standard InChI is InChI=1S/C6H15NO2/c1-5(3-8)4-9-6(2)7/h5-6,8H,3-4,7H2,1-2H3. The monoisotopic (exact) mass is 133 g/mol. The third-order valence-corrected chi connectivity index (χ3v) is 0.955. The highest BCUT2D eigenvalue weighted by Gasteiger charge is 2.00. The fourth-order valence-corrected chi connectivity index (χ4v) is 0.369. The van der Waals surface area contributed by atoms with Crippen molar-refractivity contribution in [3.63, 3.8) is 0 Å². The molecule has 0 rings (SSSR count). The highest BCUT2D eigenvalue weighted by atomic mass is 16.5. The van der Waals surface area contributed by atoms with Gasteiger partial charge in [-0.1, -0.05) is 6.92 Å². The summed E-state index contributed by atoms with van der Waals surface area (Å²) in [5.74, 6) is 0.191. The Bertz CT molecular complexity index is 66.1. The second-order valence-corrected chi connectivity index (χ2v) is 2.33. The van der Waals surface area contributed by atoms with Crippen molar-refractivity contribution < 1.29 is 9.84 Å². The summed E-state index contributed by atoms with van der Waals surface area (Å²) in [7, 11) is 0. The van der Waals surface area contributed by atoms with Crippen molar-refractivity contribution in [1.29, 1.82) is 0 Å². The van der Waals surface area contributed by atoms with Gasteiger partial charge < -0.3 is 15.6 Å². The van der Waals surface area contributed by atoms with Gasteiger partial charge in [0.05, 0.1) is 6.61 Å². The van der Waals surface area contributed by atoms with Crippen molar-refractivity contribution in [2.24, 2.45) is 11.7 Å². The highest BCUT2D eigenvalue weighted by Crippen LogP contribution is 1.93. The summed E-state index contributed by atoms with van der Waals surface area (Å²) in [6, 6.07) is 0. The fraction of sp³-hybridized carbons (Fsp3) is 1.00. The zero-order valence-corrected chi connectivity index (χ0v) is 6.00. The number of aliphatic hydroxyl groups excluding tert-OH is 1. The van der Waals surface area contributed by atoms with Crippen LogP contribution in [-0.2, 0) is 4.74 Å². The Morgan fingerprint density at radius 1 is 1.56 bits per heavy atom. The molecule has 3 nitrogen and oxygen atoms in total. The van der Waals surface area contributed by atoms with E-state index in [0.717, 1.165) is 0 Å². The number of hydrogen-bond donors (Lipinski definition) is 2. The molecule has 0 aromatic heterocycles. The first-order chi connectivity index (χ1) is 4.16. The lowest BCUT2D eigenvalue weighted by Crippen LogP contribution is -2.23. The van der Waals surface area contributed by atoms with E-state index in [9.17, 15) is 0 Å². The van der Waals surface area contributed by atoms with Crippen LogP contribution in [0.1, 0.15) is 13.8 Å². The molecular formula is C6H15NO2. The van der Waals surface area contributed by atoms with E-state index in [1.54, 1.807) is 6.92 Å². The molecule has 0 spiro atoms. The molecule has 0 aliphatic heterocycles. The Morgan fingerprint density at radius 3 is 2.44 bits per heavy atom. The number of rotatable bonds is 4. The SMILES string of the molecule is CC(CO)COC(C)N. The number of aliphatic hydroxyl groups is 1. The number of nitrogens with two attached hydrogens (primary N) is 1. The Balaban J connectivity index is 3.06. The van der Waals surface area contributed by atoms with Gasteiger partial charge >= 0.3 is 0 Å². The molecule has 0 fully saturated rings. The van der Waals surface area contributed by atoms with Gasteiger partial charge in [0, 0.05) is 12.5 Å². The fourth-order valence-electron chi connectivity index (χ4n) is 0.369. The summed E-state index contributed by atoms with van der Waals surface area (Å²) in [4.78, 5) is 0. The number of hydrogen-bond acceptors (Lipinski definition) is 3. The zero-order chi connectivity index (χ0) is 7.28. The van der Waals surface area contributed by atoms with E-state index in [0.29, 0.717) is 6.61 Å². The molecule has 9 heavy (non-hydrogen) atoms. The van der Waals surface area contributed by atoms with Crippen LogP contribution >= 0.6 is 0 Å². The third-order valence-electron chi connectivity index (χ3n) is 0.955. The molecule has 0 amide bonds. The van der Waals surface area contributed by atoms with Gasteiger partial charge in [-0.25, -0.2) is 0 Å². The lowest BCUT2D eigenvalue weighted by Gasteiger charge is -2.10. The normalized spacial score (nSPS) is 17.3. The van der Waals surface area contributed by atoms with Crippen molar-refractivity contribution in [3.8, 4) is 0 Å². The van der Waals surface area contributed by atoms with Crippen LogP contribution in [0.3, 0.4) is 0 Å². The maximum Gasteiger partial charge on any atom is 0.102 e. The molecule has 0 saturated carbocycles. The lowest BCUT2D eigenvalue weighted by molar-refractivity contribution is 0.0332. The molecule has 2 unspecified atom stereocenters. The molecule has 2 atom stereocenters. The predicted octanol–water partition coefficient (Wildman–Crippen LogP) is -0.0639. The molecule has 0 aromatic carbocycles. The molecule has 56 valence electrons. The minimum Gasteiger partial charge on any atom is -0.396 e. The van der Waals surface area contributed by atoms with Crippen LogP contribution in [0.25, 0.3) is 0 Å². The first-order valence-corrected chi connectivity index (χ1v) is 3.15. The van der Waals surface area contributed by atoms with Gasteiger partial charge in [0.1, 0.15) is 6.23 Å². The first-order valence-electron chi connectivity index (χ1n) is 3.15. The van der Waals surface area contributed by atoms with E-state index < -0.39 is 0 Å². The van der Waals surface area contributed by atoms with Gasteiger partial charge in [0.2, 0.25) is 0 Å². The average Bonchev–Trinajstić information content (AvgIpc) is 1.83. The highest BCUT2D eigenvalue weighted by molar-refractivity contribution is 4.46. The van der Waals surface area contributed by atoms with Crippen LogP contribution < -0.4 is 5.73 Å². The van der Waals surface area contributed by atoms with Crippen molar-refractivity contribution in [2.75, 3.05) is 13.2 Å². The van der Waals surface area contributed by atoms with Gasteiger partial charge in [-0.3, -0.25) is 0 Å². The second-order valence-electron chi connectivity index (χ2n) is 2.33. The van der Waals surface area contributed by atoms with Crippen LogP contribution in [0.5, 0.6) is 0 Å². The summed E-state index contributed by atoms with van der Waals surface area (Å²) in [5, 5.41) is 8.53. The molecule has 0 aromatic rings. The van der Waals surface area contributed by atoms with E-state index in [1.165, 1.54) is 0 Å². The summed E-state index contributed by atoms with van der Waals surface area (Å²) >= 11 is 0. The average molecular weight is 133 g/mol. The van der Waals surface area contributed by atoms with Crippen molar-refractivity contribution in [2.45, 2.75) is 20.1 Å². The Morgan fingerprint density at radius 2 is 2.11 bits per heavy atom. The Labute approximate surface area is 55.8 Å². The summed E-state index contributed by atoms with van der Waals surface area (Å²) < 4.78 is 5.01. The van der Waals surface area contributed by atoms with E-state index in [4.69, 9.17) is 15.6 Å². The molecule has 0 radical (unpaired) electrons. The Kier molecular flexibility index (Phi) is 4.67. The molecule has 3 heteroatoms. The summed E-state index contributed by atoms with van der Waals surface area (Å²) in [5.41, 5.74) is 5.29. The molecule has 0 bridgehead atoms. The van der Waals surface area contributed by atoms with Gasteiger partial charge in [0.15, 0.2) is 0 Å². The predicted molar refractivity (Wildman–Crippen MR) is 35.9 cm³/mol. The summed E-state index contributed by atoms with van der Waals surface area (Å²) in [6.07, 6.45) is -0.223. The van der Waals surface area contributed by atoms with Gasteiger partial charge in [-0.05, 0) is 6.92 Å². The smallest absolute Gasteiger partial charge is 0.102 e. The van der Waals surface area contributed by atoms with E-state index in [2.05, 4.69) is 0 Å². The van der Waals surface area contributed by atoms with E-state index in [-0.39, 0.29) is 18.8 Å². The topological polar surface area (TPSA) is 55.5 Å².